The van der Waals surface area contributed by atoms with E-state index in [0.717, 1.165) is 16.3 Å². The van der Waals surface area contributed by atoms with E-state index < -0.39 is 0 Å². The van der Waals surface area contributed by atoms with Crippen LogP contribution in [0.5, 0.6) is 0 Å². The first-order valence-electron chi connectivity index (χ1n) is 6.05. The number of benzene rings is 1. The summed E-state index contributed by atoms with van der Waals surface area (Å²) < 4.78 is 5.21. The molecule has 102 valence electrons. The maximum Gasteiger partial charge on any atom is 0.228 e. The van der Waals surface area contributed by atoms with Crippen molar-refractivity contribution in [3.05, 3.63) is 41.0 Å². The van der Waals surface area contributed by atoms with Gasteiger partial charge in [-0.15, -0.1) is 11.8 Å². The minimum absolute atomic E-state index is 0.324. The summed E-state index contributed by atoms with van der Waals surface area (Å²) in [5, 5.41) is 7.86. The predicted molar refractivity (Wildman–Crippen MR) is 77.5 cm³/mol. The molecular weight excluding hydrogens is 282 g/mol. The average Bonchev–Trinajstić information content (AvgIpc) is 2.85. The highest BCUT2D eigenvalue weighted by Crippen LogP contribution is 2.28. The van der Waals surface area contributed by atoms with Crippen LogP contribution < -0.4 is 5.32 Å². The molecule has 0 spiro atoms. The lowest BCUT2D eigenvalue weighted by Gasteiger charge is -2.04. The molecule has 1 aromatic carbocycles. The largest absolute Gasteiger partial charge is 0.339 e. The molecular formula is C13H16ClN3OS. The van der Waals surface area contributed by atoms with Crippen LogP contribution in [-0.2, 0) is 12.2 Å². The predicted octanol–water partition coefficient (Wildman–Crippen LogP) is 3.17. The monoisotopic (exact) mass is 297 g/mol. The van der Waals surface area contributed by atoms with E-state index in [0.29, 0.717) is 23.5 Å². The summed E-state index contributed by atoms with van der Waals surface area (Å²) in [5.41, 5.74) is 0. The highest BCUT2D eigenvalue weighted by Gasteiger charge is 2.10. The third-order valence-electron chi connectivity index (χ3n) is 2.68. The van der Waals surface area contributed by atoms with Crippen LogP contribution in [0.15, 0.2) is 33.7 Å². The van der Waals surface area contributed by atoms with Crippen LogP contribution in [0.1, 0.15) is 18.6 Å². The van der Waals surface area contributed by atoms with Crippen molar-refractivity contribution in [1.82, 2.24) is 15.5 Å². The van der Waals surface area contributed by atoms with Crippen LogP contribution in [-0.4, -0.2) is 23.2 Å². The Morgan fingerprint density at radius 1 is 1.42 bits per heavy atom. The van der Waals surface area contributed by atoms with Crippen molar-refractivity contribution in [2.45, 2.75) is 30.0 Å². The van der Waals surface area contributed by atoms with E-state index in [1.54, 1.807) is 11.8 Å². The topological polar surface area (TPSA) is 51.0 Å². The molecule has 1 N–H and O–H groups in total. The molecule has 1 aromatic heterocycles. The number of aromatic nitrogens is 2. The van der Waals surface area contributed by atoms with Crippen LogP contribution in [0.4, 0.5) is 0 Å². The SMILES string of the molecule is CNC(C)Cc1nc(CSc2ccccc2Cl)no1. The van der Waals surface area contributed by atoms with Crippen molar-refractivity contribution >= 4 is 23.4 Å². The molecule has 2 aromatic rings. The fraction of sp³-hybridized carbons (Fsp3) is 0.385. The summed E-state index contributed by atoms with van der Waals surface area (Å²) in [6.07, 6.45) is 0.736. The van der Waals surface area contributed by atoms with E-state index in [4.69, 9.17) is 16.1 Å². The molecule has 0 aliphatic carbocycles. The van der Waals surface area contributed by atoms with Crippen molar-refractivity contribution in [3.8, 4) is 0 Å². The summed E-state index contributed by atoms with van der Waals surface area (Å²) >= 11 is 7.70. The minimum Gasteiger partial charge on any atom is -0.339 e. The molecule has 6 heteroatoms. The highest BCUT2D eigenvalue weighted by molar-refractivity contribution is 7.98. The van der Waals surface area contributed by atoms with Crippen molar-refractivity contribution in [1.29, 1.82) is 0 Å². The van der Waals surface area contributed by atoms with Gasteiger partial charge in [-0.25, -0.2) is 0 Å². The zero-order valence-electron chi connectivity index (χ0n) is 10.9. The molecule has 0 fully saturated rings. The van der Waals surface area contributed by atoms with Gasteiger partial charge in [0.05, 0.1) is 10.8 Å². The van der Waals surface area contributed by atoms with Gasteiger partial charge in [-0.1, -0.05) is 28.9 Å². The summed E-state index contributed by atoms with van der Waals surface area (Å²) in [5.74, 6) is 2.01. The van der Waals surface area contributed by atoms with Gasteiger partial charge >= 0.3 is 0 Å². The van der Waals surface area contributed by atoms with E-state index in [9.17, 15) is 0 Å². The van der Waals surface area contributed by atoms with Crippen molar-refractivity contribution in [2.24, 2.45) is 0 Å². The fourth-order valence-electron chi connectivity index (χ4n) is 1.50. The lowest BCUT2D eigenvalue weighted by Crippen LogP contribution is -2.23. The number of nitrogens with zero attached hydrogens (tertiary/aromatic N) is 2. The number of thioether (sulfide) groups is 1. The lowest BCUT2D eigenvalue weighted by atomic mass is 10.2. The van der Waals surface area contributed by atoms with Gasteiger partial charge in [-0.3, -0.25) is 0 Å². The maximum absolute atomic E-state index is 6.09. The van der Waals surface area contributed by atoms with E-state index in [-0.39, 0.29) is 0 Å². The maximum atomic E-state index is 6.09. The summed E-state index contributed by atoms with van der Waals surface area (Å²) in [7, 11) is 1.91. The molecule has 1 unspecified atom stereocenters. The molecule has 0 saturated carbocycles. The Hall–Kier alpha value is -1.04. The van der Waals surface area contributed by atoms with E-state index in [1.165, 1.54) is 0 Å². The first kappa shape index (κ1) is 14.4. The Morgan fingerprint density at radius 2 is 2.21 bits per heavy atom. The molecule has 4 nitrogen and oxygen atoms in total. The normalized spacial score (nSPS) is 12.6. The second-order valence-electron chi connectivity index (χ2n) is 4.22. The van der Waals surface area contributed by atoms with E-state index >= 15 is 0 Å². The molecule has 0 aliphatic rings. The zero-order valence-corrected chi connectivity index (χ0v) is 12.5. The van der Waals surface area contributed by atoms with Crippen LogP contribution in [0.25, 0.3) is 0 Å². The van der Waals surface area contributed by atoms with Gasteiger partial charge in [-0.2, -0.15) is 4.98 Å². The Labute approximate surface area is 121 Å². The average molecular weight is 298 g/mol. The first-order chi connectivity index (χ1) is 9.19. The van der Waals surface area contributed by atoms with Gasteiger partial charge in [0.15, 0.2) is 5.82 Å². The number of likely N-dealkylation sites (N-methyl/N-ethyl adjacent to an activating group) is 1. The van der Waals surface area contributed by atoms with E-state index in [2.05, 4.69) is 22.4 Å². The van der Waals surface area contributed by atoms with Gasteiger partial charge in [0.25, 0.3) is 0 Å². The molecule has 2 rings (SSSR count). The molecule has 1 heterocycles. The molecule has 19 heavy (non-hydrogen) atoms. The van der Waals surface area contributed by atoms with Crippen LogP contribution in [0.2, 0.25) is 5.02 Å². The molecule has 0 radical (unpaired) electrons. The standard InChI is InChI=1S/C13H16ClN3OS/c1-9(15-2)7-13-16-12(17-18-13)8-19-11-6-4-3-5-10(11)14/h3-6,9,15H,7-8H2,1-2H3. The van der Waals surface area contributed by atoms with Gasteiger partial charge < -0.3 is 9.84 Å². The number of nitrogens with one attached hydrogen (secondary N) is 1. The Bertz CT molecular complexity index is 532. The van der Waals surface area contributed by atoms with Crippen LogP contribution in [0, 0.1) is 0 Å². The smallest absolute Gasteiger partial charge is 0.228 e. The summed E-state index contributed by atoms with van der Waals surface area (Å²) in [6, 6.07) is 8.06. The Morgan fingerprint density at radius 3 is 2.95 bits per heavy atom. The first-order valence-corrected chi connectivity index (χ1v) is 7.41. The second-order valence-corrected chi connectivity index (χ2v) is 5.64. The Kier molecular flexibility index (Phi) is 5.24. The second kappa shape index (κ2) is 6.93. The van der Waals surface area contributed by atoms with Gasteiger partial charge in [-0.05, 0) is 26.1 Å². The zero-order chi connectivity index (χ0) is 13.7. The van der Waals surface area contributed by atoms with E-state index in [1.807, 2.05) is 31.3 Å². The quantitative estimate of drug-likeness (QED) is 0.830. The van der Waals surface area contributed by atoms with Crippen molar-refractivity contribution < 1.29 is 4.52 Å². The molecule has 0 amide bonds. The van der Waals surface area contributed by atoms with Crippen molar-refractivity contribution in [2.75, 3.05) is 7.05 Å². The third-order valence-corrected chi connectivity index (χ3v) is 4.19. The number of rotatable bonds is 6. The fourth-order valence-corrected chi connectivity index (χ4v) is 2.58. The number of halogens is 1. The number of hydrogen-bond acceptors (Lipinski definition) is 5. The molecule has 0 saturated heterocycles. The van der Waals surface area contributed by atoms with Gasteiger partial charge in [0.1, 0.15) is 0 Å². The molecule has 0 aliphatic heterocycles. The highest BCUT2D eigenvalue weighted by atomic mass is 35.5. The number of hydrogen-bond donors (Lipinski definition) is 1. The Balaban J connectivity index is 1.92. The molecule has 1 atom stereocenters. The summed E-state index contributed by atoms with van der Waals surface area (Å²) in [4.78, 5) is 5.39. The molecule has 0 bridgehead atoms. The van der Waals surface area contributed by atoms with Crippen LogP contribution >= 0.6 is 23.4 Å². The van der Waals surface area contributed by atoms with Gasteiger partial charge in [0.2, 0.25) is 5.89 Å². The van der Waals surface area contributed by atoms with Crippen molar-refractivity contribution in [3.63, 3.8) is 0 Å². The minimum atomic E-state index is 0.324. The lowest BCUT2D eigenvalue weighted by molar-refractivity contribution is 0.362. The van der Waals surface area contributed by atoms with Crippen LogP contribution in [0.3, 0.4) is 0 Å². The third kappa shape index (κ3) is 4.23. The van der Waals surface area contributed by atoms with Gasteiger partial charge in [0, 0.05) is 17.4 Å². The summed E-state index contributed by atoms with van der Waals surface area (Å²) in [6.45, 7) is 2.07.